The quantitative estimate of drug-likeness (QED) is 0.785. The van der Waals surface area contributed by atoms with Crippen LogP contribution in [0.15, 0.2) is 17.1 Å². The van der Waals surface area contributed by atoms with Gasteiger partial charge in [-0.05, 0) is 6.07 Å². The normalized spacial score (nSPS) is 15.5. The van der Waals surface area contributed by atoms with E-state index in [-0.39, 0.29) is 5.56 Å². The fourth-order valence-corrected chi connectivity index (χ4v) is 2.06. The molecule has 0 saturated carbocycles. The number of aromatic amines is 1. The van der Waals surface area contributed by atoms with Crippen LogP contribution >= 0.6 is 0 Å². The molecule has 0 aromatic carbocycles. The smallest absolute Gasteiger partial charge is 0.341 e. The van der Waals surface area contributed by atoms with Crippen molar-refractivity contribution in [2.24, 2.45) is 0 Å². The van der Waals surface area contributed by atoms with Gasteiger partial charge in [0, 0.05) is 24.7 Å². The fraction of sp³-hybridized carbons (Fsp3) is 0.333. The summed E-state index contributed by atoms with van der Waals surface area (Å²) in [6, 6.07) is 1.28. The van der Waals surface area contributed by atoms with E-state index < -0.39 is 11.5 Å². The summed E-state index contributed by atoms with van der Waals surface area (Å²) in [5.74, 6) is -0.773. The number of ether oxygens (including phenoxy) is 1. The van der Waals surface area contributed by atoms with Crippen LogP contribution in [0.25, 0.3) is 11.0 Å². The number of hydrogen-bond acceptors (Lipinski definition) is 6. The summed E-state index contributed by atoms with van der Waals surface area (Å²) < 4.78 is 5.25. The van der Waals surface area contributed by atoms with Gasteiger partial charge in [0.1, 0.15) is 11.2 Å². The van der Waals surface area contributed by atoms with Gasteiger partial charge in [0.2, 0.25) is 5.95 Å². The van der Waals surface area contributed by atoms with E-state index in [1.54, 1.807) is 0 Å². The van der Waals surface area contributed by atoms with E-state index in [1.165, 1.54) is 12.3 Å². The zero-order chi connectivity index (χ0) is 14.1. The van der Waals surface area contributed by atoms with Gasteiger partial charge in [0.15, 0.2) is 0 Å². The summed E-state index contributed by atoms with van der Waals surface area (Å²) in [6.07, 6.45) is 1.51. The number of nitrogens with zero attached hydrogens (tertiary/aromatic N) is 3. The highest BCUT2D eigenvalue weighted by atomic mass is 16.5. The number of nitrogens with one attached hydrogen (secondary N) is 1. The zero-order valence-corrected chi connectivity index (χ0v) is 10.5. The van der Waals surface area contributed by atoms with Crippen LogP contribution in [-0.2, 0) is 4.74 Å². The number of carboxylic acid groups (broad SMARTS) is 1. The highest BCUT2D eigenvalue weighted by Crippen LogP contribution is 2.14. The van der Waals surface area contributed by atoms with E-state index >= 15 is 0 Å². The molecule has 2 N–H and O–H groups in total. The first-order valence-corrected chi connectivity index (χ1v) is 6.11. The topological polar surface area (TPSA) is 108 Å². The summed E-state index contributed by atoms with van der Waals surface area (Å²) in [5, 5.41) is 9.39. The van der Waals surface area contributed by atoms with Crippen molar-refractivity contribution in [3.05, 3.63) is 28.2 Å². The first-order chi connectivity index (χ1) is 9.65. The predicted molar refractivity (Wildman–Crippen MR) is 70.2 cm³/mol. The van der Waals surface area contributed by atoms with Gasteiger partial charge in [-0.1, -0.05) is 0 Å². The lowest BCUT2D eigenvalue weighted by atomic mass is 10.2. The van der Waals surface area contributed by atoms with Gasteiger partial charge in [-0.2, -0.15) is 4.98 Å². The Bertz CT molecular complexity index is 721. The largest absolute Gasteiger partial charge is 0.477 e. The van der Waals surface area contributed by atoms with E-state index in [2.05, 4.69) is 15.0 Å². The molecule has 8 heteroatoms. The maximum atomic E-state index is 11.6. The SMILES string of the molecule is O=C(O)c1cc2cnc(N3CCOCC3)nc2[nH]c1=O. The van der Waals surface area contributed by atoms with Gasteiger partial charge in [0.05, 0.1) is 13.2 Å². The number of aromatic nitrogens is 3. The molecule has 2 aromatic heterocycles. The van der Waals surface area contributed by atoms with Gasteiger partial charge in [-0.25, -0.2) is 9.78 Å². The number of rotatable bonds is 2. The van der Waals surface area contributed by atoms with Crippen LogP contribution in [0.5, 0.6) is 0 Å². The molecule has 0 amide bonds. The van der Waals surface area contributed by atoms with E-state index in [4.69, 9.17) is 9.84 Å². The van der Waals surface area contributed by atoms with Gasteiger partial charge in [-0.3, -0.25) is 4.79 Å². The van der Waals surface area contributed by atoms with E-state index in [9.17, 15) is 9.59 Å². The number of pyridine rings is 1. The first-order valence-electron chi connectivity index (χ1n) is 6.11. The van der Waals surface area contributed by atoms with Crippen LogP contribution in [0.1, 0.15) is 10.4 Å². The van der Waals surface area contributed by atoms with E-state index in [0.29, 0.717) is 43.3 Å². The Morgan fingerprint density at radius 2 is 2.15 bits per heavy atom. The van der Waals surface area contributed by atoms with Crippen molar-refractivity contribution in [2.45, 2.75) is 0 Å². The van der Waals surface area contributed by atoms with Crippen LogP contribution in [0.2, 0.25) is 0 Å². The van der Waals surface area contributed by atoms with Crippen LogP contribution in [-0.4, -0.2) is 52.3 Å². The number of carboxylic acids is 1. The van der Waals surface area contributed by atoms with Crippen molar-refractivity contribution in [1.82, 2.24) is 15.0 Å². The lowest BCUT2D eigenvalue weighted by Crippen LogP contribution is -2.37. The van der Waals surface area contributed by atoms with Crippen molar-refractivity contribution >= 4 is 23.0 Å². The Labute approximate surface area is 113 Å². The Hall–Kier alpha value is -2.48. The molecule has 0 spiro atoms. The molecule has 0 radical (unpaired) electrons. The van der Waals surface area contributed by atoms with Crippen molar-refractivity contribution in [1.29, 1.82) is 0 Å². The molecule has 1 aliphatic rings. The number of H-pyrrole nitrogens is 1. The molecule has 1 saturated heterocycles. The number of anilines is 1. The molecule has 0 bridgehead atoms. The molecule has 0 atom stereocenters. The first kappa shape index (κ1) is 12.5. The van der Waals surface area contributed by atoms with Gasteiger partial charge in [-0.15, -0.1) is 0 Å². The monoisotopic (exact) mass is 276 g/mol. The summed E-state index contributed by atoms with van der Waals surface area (Å²) in [6.45, 7) is 2.58. The summed E-state index contributed by atoms with van der Waals surface area (Å²) >= 11 is 0. The Balaban J connectivity index is 2.05. The molecule has 1 aliphatic heterocycles. The summed E-state index contributed by atoms with van der Waals surface area (Å²) in [5.41, 5.74) is -0.659. The lowest BCUT2D eigenvalue weighted by molar-refractivity contribution is 0.0695. The van der Waals surface area contributed by atoms with E-state index in [0.717, 1.165) is 0 Å². The Morgan fingerprint density at radius 1 is 1.40 bits per heavy atom. The molecule has 3 rings (SSSR count). The molecule has 0 aliphatic carbocycles. The van der Waals surface area contributed by atoms with Crippen molar-refractivity contribution in [3.8, 4) is 0 Å². The lowest BCUT2D eigenvalue weighted by Gasteiger charge is -2.26. The molecule has 0 unspecified atom stereocenters. The average Bonchev–Trinajstić information content (AvgIpc) is 2.46. The zero-order valence-electron chi connectivity index (χ0n) is 10.5. The van der Waals surface area contributed by atoms with Crippen LogP contribution in [0, 0.1) is 0 Å². The third-order valence-corrected chi connectivity index (χ3v) is 3.11. The van der Waals surface area contributed by atoms with Gasteiger partial charge >= 0.3 is 5.97 Å². The van der Waals surface area contributed by atoms with Gasteiger partial charge in [0.25, 0.3) is 5.56 Å². The number of fused-ring (bicyclic) bond motifs is 1. The Kier molecular flexibility index (Phi) is 3.07. The number of carbonyl (C=O) groups is 1. The second-order valence-electron chi connectivity index (χ2n) is 4.39. The van der Waals surface area contributed by atoms with E-state index in [1.807, 2.05) is 4.90 Å². The maximum absolute atomic E-state index is 11.6. The molecule has 8 nitrogen and oxygen atoms in total. The molecule has 104 valence electrons. The van der Waals surface area contributed by atoms with Crippen molar-refractivity contribution in [2.75, 3.05) is 31.2 Å². The van der Waals surface area contributed by atoms with Crippen LogP contribution in [0.3, 0.4) is 0 Å². The number of hydrogen-bond donors (Lipinski definition) is 2. The molecule has 1 fully saturated rings. The maximum Gasteiger partial charge on any atom is 0.341 e. The molecular weight excluding hydrogens is 264 g/mol. The second-order valence-corrected chi connectivity index (χ2v) is 4.39. The summed E-state index contributed by atoms with van der Waals surface area (Å²) in [4.78, 5) is 35.4. The molecule has 3 heterocycles. The standard InChI is InChI=1S/C12H12N4O4/c17-10-8(11(18)19)5-7-6-13-12(15-9(7)14-10)16-1-3-20-4-2-16/h5-6H,1-4H2,(H,18,19)(H,13,14,15,17). The van der Waals surface area contributed by atoms with Crippen molar-refractivity contribution in [3.63, 3.8) is 0 Å². The highest BCUT2D eigenvalue weighted by molar-refractivity contribution is 5.91. The predicted octanol–water partition coefficient (Wildman–Crippen LogP) is -0.147. The third kappa shape index (κ3) is 2.21. The summed E-state index contributed by atoms with van der Waals surface area (Å²) in [7, 11) is 0. The Morgan fingerprint density at radius 3 is 2.85 bits per heavy atom. The minimum Gasteiger partial charge on any atom is -0.477 e. The van der Waals surface area contributed by atoms with Crippen molar-refractivity contribution < 1.29 is 14.6 Å². The molecular formula is C12H12N4O4. The highest BCUT2D eigenvalue weighted by Gasteiger charge is 2.16. The number of aromatic carboxylic acids is 1. The fourth-order valence-electron chi connectivity index (χ4n) is 2.06. The number of morpholine rings is 1. The van der Waals surface area contributed by atoms with Gasteiger partial charge < -0.3 is 19.7 Å². The second kappa shape index (κ2) is 4.89. The minimum absolute atomic E-state index is 0.319. The van der Waals surface area contributed by atoms with Crippen LogP contribution in [0.4, 0.5) is 5.95 Å². The molecule has 2 aromatic rings. The molecule has 20 heavy (non-hydrogen) atoms. The third-order valence-electron chi connectivity index (χ3n) is 3.11. The minimum atomic E-state index is -1.27. The average molecular weight is 276 g/mol. The van der Waals surface area contributed by atoms with Crippen LogP contribution < -0.4 is 10.5 Å².